The Morgan fingerprint density at radius 1 is 0.312 bits per heavy atom. The van der Waals surface area contributed by atoms with Crippen LogP contribution < -0.4 is 0 Å². The minimum Gasteiger partial charge on any atom is -0.462 e. The molecule has 0 aliphatic heterocycles. The predicted molar refractivity (Wildman–Crippen MR) is 274 cm³/mol. The molecule has 0 aromatic rings. The summed E-state index contributed by atoms with van der Waals surface area (Å²) in [7, 11) is 0. The Morgan fingerprint density at radius 3 is 1.00 bits per heavy atom. The molecule has 0 aromatic carbocycles. The number of carbonyl (C=O) groups excluding carboxylic acids is 3. The van der Waals surface area contributed by atoms with E-state index >= 15 is 0 Å². The molecule has 0 unspecified atom stereocenters. The zero-order chi connectivity index (χ0) is 46.5. The molecule has 0 amide bonds. The van der Waals surface area contributed by atoms with Gasteiger partial charge in [0, 0.05) is 19.3 Å². The van der Waals surface area contributed by atoms with E-state index in [2.05, 4.69) is 99.8 Å². The lowest BCUT2D eigenvalue weighted by atomic mass is 10.0. The summed E-state index contributed by atoms with van der Waals surface area (Å²) in [5.74, 6) is -1.00. The van der Waals surface area contributed by atoms with Gasteiger partial charge in [-0.2, -0.15) is 0 Å². The lowest BCUT2D eigenvalue weighted by molar-refractivity contribution is -0.166. The van der Waals surface area contributed by atoms with E-state index in [1.54, 1.807) is 0 Å². The van der Waals surface area contributed by atoms with Crippen LogP contribution in [0.5, 0.6) is 0 Å². The van der Waals surface area contributed by atoms with Crippen molar-refractivity contribution < 1.29 is 28.6 Å². The first kappa shape index (κ1) is 60.6. The Labute approximate surface area is 395 Å². The van der Waals surface area contributed by atoms with Gasteiger partial charge in [-0.3, -0.25) is 14.4 Å². The maximum absolute atomic E-state index is 12.8. The van der Waals surface area contributed by atoms with Crippen molar-refractivity contribution in [1.82, 2.24) is 0 Å². The maximum atomic E-state index is 12.8. The summed E-state index contributed by atoms with van der Waals surface area (Å²) < 4.78 is 16.7. The molecule has 1 atom stereocenters. The van der Waals surface area contributed by atoms with Crippen LogP contribution in [0, 0.1) is 0 Å². The number of ether oxygens (including phenoxy) is 3. The van der Waals surface area contributed by atoms with Crippen LogP contribution in [0.15, 0.2) is 85.1 Å². The fraction of sp³-hybridized carbons (Fsp3) is 0.707. The molecule has 0 rings (SSSR count). The quantitative estimate of drug-likeness (QED) is 0.0262. The Kier molecular flexibility index (Phi) is 49.4. The minimum absolute atomic E-state index is 0.104. The molecule has 0 spiro atoms. The Hall–Kier alpha value is -3.41. The normalized spacial score (nSPS) is 12.7. The van der Waals surface area contributed by atoms with E-state index < -0.39 is 6.10 Å². The van der Waals surface area contributed by atoms with E-state index in [0.29, 0.717) is 19.3 Å². The zero-order valence-corrected chi connectivity index (χ0v) is 41.8. The fourth-order valence-electron chi connectivity index (χ4n) is 7.10. The van der Waals surface area contributed by atoms with Crippen LogP contribution in [-0.4, -0.2) is 37.2 Å². The average molecular weight is 891 g/mol. The van der Waals surface area contributed by atoms with Crippen LogP contribution in [0.25, 0.3) is 0 Å². The van der Waals surface area contributed by atoms with E-state index in [1.807, 2.05) is 6.08 Å². The van der Waals surface area contributed by atoms with Gasteiger partial charge < -0.3 is 14.2 Å². The van der Waals surface area contributed by atoms with Crippen molar-refractivity contribution in [1.29, 1.82) is 0 Å². The molecule has 0 fully saturated rings. The maximum Gasteiger partial charge on any atom is 0.306 e. The third-order valence-electron chi connectivity index (χ3n) is 11.1. The lowest BCUT2D eigenvalue weighted by Crippen LogP contribution is -2.30. The summed E-state index contributed by atoms with van der Waals surface area (Å²) in [4.78, 5) is 38.0. The van der Waals surface area contributed by atoms with E-state index in [9.17, 15) is 14.4 Å². The molecule has 0 saturated heterocycles. The third kappa shape index (κ3) is 49.6. The molecule has 0 aliphatic carbocycles. The van der Waals surface area contributed by atoms with Gasteiger partial charge in [0.05, 0.1) is 0 Å². The number of rotatable bonds is 47. The Balaban J connectivity index is 4.51. The molecular weight excluding hydrogens is 793 g/mol. The Bertz CT molecular complexity index is 1250. The minimum atomic E-state index is -0.812. The highest BCUT2D eigenvalue weighted by atomic mass is 16.6. The summed E-state index contributed by atoms with van der Waals surface area (Å²) in [5, 5.41) is 0. The van der Waals surface area contributed by atoms with Gasteiger partial charge in [-0.1, -0.05) is 221 Å². The van der Waals surface area contributed by atoms with Gasteiger partial charge in [0.1, 0.15) is 13.2 Å². The lowest BCUT2D eigenvalue weighted by Gasteiger charge is -2.18. The molecule has 0 aliphatic rings. The van der Waals surface area contributed by atoms with Gasteiger partial charge >= 0.3 is 17.9 Å². The molecule has 0 saturated carbocycles. The van der Waals surface area contributed by atoms with Crippen molar-refractivity contribution in [3.05, 3.63) is 85.1 Å². The standard InChI is InChI=1S/C58H98O6/c1-4-7-10-13-16-19-22-25-27-28-29-30-32-33-36-39-42-45-48-51-57(60)63-54-55(53-62-56(59)50-47-44-41-38-35-24-21-18-15-12-9-6-3)64-58(61)52-49-46-43-40-37-34-31-26-23-20-17-14-11-8-5-2/h16-17,19-20,25-27,29-31,33,36,42,45,55H,4-15,18,21-24,28,32,34-35,37-41,43-44,46-54H2,1-3H3/b19-16-,20-17-,27-25-,30-29-,31-26-,36-33-,45-42-/t55-/m0/s1. The van der Waals surface area contributed by atoms with E-state index in [-0.39, 0.29) is 37.5 Å². The smallest absolute Gasteiger partial charge is 0.306 e. The number of hydrogen-bond donors (Lipinski definition) is 0. The number of esters is 3. The van der Waals surface area contributed by atoms with Crippen LogP contribution in [0.1, 0.15) is 245 Å². The monoisotopic (exact) mass is 891 g/mol. The first-order valence-electron chi connectivity index (χ1n) is 26.6. The van der Waals surface area contributed by atoms with Crippen molar-refractivity contribution in [2.75, 3.05) is 13.2 Å². The SMILES string of the molecule is CCCCC/C=C\C/C=C\C/C=C\C/C=C\C/C=C\CCC(=O)OC[C@H](COC(=O)CCCCCCCCCCCCCC)OC(=O)CCCCCCC/C=C\C/C=C\CCCCC. The van der Waals surface area contributed by atoms with E-state index in [0.717, 1.165) is 89.9 Å². The molecule has 366 valence electrons. The highest BCUT2D eigenvalue weighted by Crippen LogP contribution is 2.14. The van der Waals surface area contributed by atoms with Crippen molar-refractivity contribution in [3.63, 3.8) is 0 Å². The molecule has 6 nitrogen and oxygen atoms in total. The largest absolute Gasteiger partial charge is 0.462 e. The van der Waals surface area contributed by atoms with Crippen molar-refractivity contribution >= 4 is 17.9 Å². The highest BCUT2D eigenvalue weighted by Gasteiger charge is 2.19. The average Bonchev–Trinajstić information content (AvgIpc) is 3.29. The summed E-state index contributed by atoms with van der Waals surface area (Å²) in [6, 6.07) is 0. The second kappa shape index (κ2) is 52.2. The summed E-state index contributed by atoms with van der Waals surface area (Å²) in [6.07, 6.45) is 67.2. The number of unbranched alkanes of at least 4 members (excludes halogenated alkanes) is 22. The fourth-order valence-corrected chi connectivity index (χ4v) is 7.10. The van der Waals surface area contributed by atoms with E-state index in [4.69, 9.17) is 14.2 Å². The first-order chi connectivity index (χ1) is 31.5. The van der Waals surface area contributed by atoms with Crippen molar-refractivity contribution in [2.24, 2.45) is 0 Å². The van der Waals surface area contributed by atoms with Crippen LogP contribution in [-0.2, 0) is 28.6 Å². The topological polar surface area (TPSA) is 78.9 Å². The molecule has 0 radical (unpaired) electrons. The number of carbonyl (C=O) groups is 3. The molecule has 0 N–H and O–H groups in total. The van der Waals surface area contributed by atoms with E-state index in [1.165, 1.54) is 109 Å². The second-order valence-corrected chi connectivity index (χ2v) is 17.4. The van der Waals surface area contributed by atoms with Crippen LogP contribution >= 0.6 is 0 Å². The van der Waals surface area contributed by atoms with Crippen LogP contribution in [0.4, 0.5) is 0 Å². The summed E-state index contributed by atoms with van der Waals surface area (Å²) >= 11 is 0. The van der Waals surface area contributed by atoms with Gasteiger partial charge in [0.25, 0.3) is 0 Å². The van der Waals surface area contributed by atoms with Gasteiger partial charge in [0.2, 0.25) is 0 Å². The summed E-state index contributed by atoms with van der Waals surface area (Å²) in [5.41, 5.74) is 0. The first-order valence-corrected chi connectivity index (χ1v) is 26.6. The van der Waals surface area contributed by atoms with Gasteiger partial charge in [-0.15, -0.1) is 0 Å². The Morgan fingerprint density at radius 2 is 0.594 bits per heavy atom. The predicted octanol–water partition coefficient (Wildman–Crippen LogP) is 17.6. The van der Waals surface area contributed by atoms with Gasteiger partial charge in [-0.25, -0.2) is 0 Å². The van der Waals surface area contributed by atoms with Crippen molar-refractivity contribution in [2.45, 2.75) is 252 Å². The molecule has 6 heteroatoms. The molecular formula is C58H98O6. The van der Waals surface area contributed by atoms with Crippen LogP contribution in [0.3, 0.4) is 0 Å². The molecule has 64 heavy (non-hydrogen) atoms. The third-order valence-corrected chi connectivity index (χ3v) is 11.1. The second-order valence-electron chi connectivity index (χ2n) is 17.4. The van der Waals surface area contributed by atoms with Gasteiger partial charge in [-0.05, 0) is 89.9 Å². The number of allylic oxidation sites excluding steroid dienone is 14. The van der Waals surface area contributed by atoms with Crippen LogP contribution in [0.2, 0.25) is 0 Å². The zero-order valence-electron chi connectivity index (χ0n) is 41.8. The van der Waals surface area contributed by atoms with Gasteiger partial charge in [0.15, 0.2) is 6.10 Å². The molecule has 0 aromatic heterocycles. The highest BCUT2D eigenvalue weighted by molar-refractivity contribution is 5.71. The van der Waals surface area contributed by atoms with Crippen molar-refractivity contribution in [3.8, 4) is 0 Å². The number of hydrogen-bond acceptors (Lipinski definition) is 6. The molecule has 0 bridgehead atoms. The summed E-state index contributed by atoms with van der Waals surface area (Å²) in [6.45, 7) is 6.50. The molecule has 0 heterocycles.